The predicted octanol–water partition coefficient (Wildman–Crippen LogP) is 3.69. The zero-order chi connectivity index (χ0) is 19.1. The second kappa shape index (κ2) is 6.59. The lowest BCUT2D eigenvalue weighted by molar-refractivity contribution is 0.122. The summed E-state index contributed by atoms with van der Waals surface area (Å²) in [5, 5.41) is 14.8. The number of aliphatic hydroxyl groups is 1. The molecular formula is C20H22N4O3. The Bertz CT molecular complexity index is 1130. The minimum atomic E-state index is -0.548. The number of aryl methyl sites for hydroxylation is 3. The molecule has 0 aliphatic heterocycles. The van der Waals surface area contributed by atoms with Crippen LogP contribution in [-0.4, -0.2) is 37.4 Å². The zero-order valence-corrected chi connectivity index (χ0v) is 15.8. The highest BCUT2D eigenvalue weighted by Gasteiger charge is 2.17. The summed E-state index contributed by atoms with van der Waals surface area (Å²) >= 11 is 0. The van der Waals surface area contributed by atoms with Gasteiger partial charge in [0.05, 0.1) is 12.3 Å². The molecular weight excluding hydrogens is 344 g/mol. The number of nitrogens with one attached hydrogen (secondary N) is 1. The van der Waals surface area contributed by atoms with Gasteiger partial charge in [-0.3, -0.25) is 0 Å². The van der Waals surface area contributed by atoms with Crippen LogP contribution in [0.3, 0.4) is 0 Å². The SMILES string of the molecule is Cc1cc2c(C)c(Oc3ncnn4cc(OC[C@@H](C)O)c(C)c34)ccc2[nH]1. The molecule has 0 fully saturated rings. The maximum atomic E-state index is 9.46. The van der Waals surface area contributed by atoms with E-state index in [0.717, 1.165) is 39.0 Å². The van der Waals surface area contributed by atoms with Gasteiger partial charge in [-0.25, -0.2) is 4.52 Å². The van der Waals surface area contributed by atoms with Gasteiger partial charge >= 0.3 is 0 Å². The quantitative estimate of drug-likeness (QED) is 0.563. The summed E-state index contributed by atoms with van der Waals surface area (Å²) in [6.07, 6.45) is 2.68. The first-order chi connectivity index (χ1) is 12.9. The number of hydrogen-bond donors (Lipinski definition) is 2. The van der Waals surface area contributed by atoms with Gasteiger partial charge in [0, 0.05) is 27.7 Å². The summed E-state index contributed by atoms with van der Waals surface area (Å²) in [5.41, 5.74) is 4.84. The largest absolute Gasteiger partial charge is 0.489 e. The minimum Gasteiger partial charge on any atom is -0.489 e. The summed E-state index contributed by atoms with van der Waals surface area (Å²) in [5.74, 6) is 1.85. The maximum Gasteiger partial charge on any atom is 0.247 e. The second-order valence-electron chi connectivity index (χ2n) is 6.84. The highest BCUT2D eigenvalue weighted by Crippen LogP contribution is 2.35. The number of aromatic nitrogens is 4. The Morgan fingerprint density at radius 3 is 2.78 bits per heavy atom. The fourth-order valence-corrected chi connectivity index (χ4v) is 3.22. The Morgan fingerprint density at radius 1 is 1.19 bits per heavy atom. The minimum absolute atomic E-state index is 0.212. The number of nitrogens with zero attached hydrogens (tertiary/aromatic N) is 3. The molecule has 0 saturated heterocycles. The van der Waals surface area contributed by atoms with Gasteiger partial charge in [0.1, 0.15) is 29.9 Å². The van der Waals surface area contributed by atoms with Crippen LogP contribution in [0.1, 0.15) is 23.7 Å². The van der Waals surface area contributed by atoms with Crippen LogP contribution in [0.5, 0.6) is 17.4 Å². The number of hydrogen-bond acceptors (Lipinski definition) is 5. The van der Waals surface area contributed by atoms with Crippen molar-refractivity contribution in [3.05, 3.63) is 47.5 Å². The number of aliphatic hydroxyl groups excluding tert-OH is 1. The van der Waals surface area contributed by atoms with Crippen LogP contribution < -0.4 is 9.47 Å². The Hall–Kier alpha value is -3.06. The number of benzene rings is 1. The fourth-order valence-electron chi connectivity index (χ4n) is 3.22. The molecule has 0 saturated carbocycles. The molecule has 2 N–H and O–H groups in total. The van der Waals surface area contributed by atoms with E-state index in [-0.39, 0.29) is 6.61 Å². The monoisotopic (exact) mass is 366 g/mol. The average Bonchev–Trinajstić information content (AvgIpc) is 3.16. The van der Waals surface area contributed by atoms with Crippen LogP contribution >= 0.6 is 0 Å². The van der Waals surface area contributed by atoms with E-state index in [2.05, 4.69) is 21.1 Å². The van der Waals surface area contributed by atoms with E-state index in [1.165, 1.54) is 6.33 Å². The normalized spacial score (nSPS) is 12.6. The smallest absolute Gasteiger partial charge is 0.247 e. The highest BCUT2D eigenvalue weighted by molar-refractivity contribution is 5.86. The Labute approximate surface area is 156 Å². The van der Waals surface area contributed by atoms with E-state index in [1.807, 2.05) is 32.9 Å². The molecule has 7 heteroatoms. The molecule has 7 nitrogen and oxygen atoms in total. The lowest BCUT2D eigenvalue weighted by Crippen LogP contribution is -2.12. The molecule has 1 aromatic carbocycles. The first-order valence-corrected chi connectivity index (χ1v) is 8.84. The summed E-state index contributed by atoms with van der Waals surface area (Å²) < 4.78 is 13.5. The van der Waals surface area contributed by atoms with E-state index in [4.69, 9.17) is 9.47 Å². The van der Waals surface area contributed by atoms with Crippen LogP contribution in [0.15, 0.2) is 30.7 Å². The molecule has 140 valence electrons. The van der Waals surface area contributed by atoms with Crippen LogP contribution in [0.2, 0.25) is 0 Å². The predicted molar refractivity (Wildman–Crippen MR) is 103 cm³/mol. The van der Waals surface area contributed by atoms with Crippen molar-refractivity contribution in [3.63, 3.8) is 0 Å². The van der Waals surface area contributed by atoms with Crippen LogP contribution in [-0.2, 0) is 0 Å². The third kappa shape index (κ3) is 3.10. The number of rotatable bonds is 5. The summed E-state index contributed by atoms with van der Waals surface area (Å²) in [6.45, 7) is 7.89. The topological polar surface area (TPSA) is 84.7 Å². The van der Waals surface area contributed by atoms with Crippen molar-refractivity contribution in [2.24, 2.45) is 0 Å². The molecule has 0 aliphatic carbocycles. The van der Waals surface area contributed by atoms with E-state index < -0.39 is 6.10 Å². The molecule has 27 heavy (non-hydrogen) atoms. The molecule has 3 heterocycles. The maximum absolute atomic E-state index is 9.46. The van der Waals surface area contributed by atoms with E-state index >= 15 is 0 Å². The Morgan fingerprint density at radius 2 is 2.00 bits per heavy atom. The highest BCUT2D eigenvalue weighted by atomic mass is 16.5. The van der Waals surface area contributed by atoms with Crippen molar-refractivity contribution >= 4 is 16.4 Å². The van der Waals surface area contributed by atoms with Crippen molar-refractivity contribution in [1.82, 2.24) is 19.6 Å². The first-order valence-electron chi connectivity index (χ1n) is 8.84. The van der Waals surface area contributed by atoms with Crippen LogP contribution in [0, 0.1) is 20.8 Å². The molecule has 0 amide bonds. The van der Waals surface area contributed by atoms with E-state index in [0.29, 0.717) is 11.6 Å². The van der Waals surface area contributed by atoms with Gasteiger partial charge in [-0.1, -0.05) is 0 Å². The van der Waals surface area contributed by atoms with Gasteiger partial charge in [-0.2, -0.15) is 10.1 Å². The van der Waals surface area contributed by atoms with E-state index in [9.17, 15) is 5.11 Å². The molecule has 0 spiro atoms. The van der Waals surface area contributed by atoms with Crippen molar-refractivity contribution < 1.29 is 14.6 Å². The van der Waals surface area contributed by atoms with Crippen LogP contribution in [0.25, 0.3) is 16.4 Å². The summed E-state index contributed by atoms with van der Waals surface area (Å²) in [4.78, 5) is 7.66. The van der Waals surface area contributed by atoms with Gasteiger partial charge in [0.15, 0.2) is 0 Å². The average molecular weight is 366 g/mol. The first kappa shape index (κ1) is 17.4. The summed E-state index contributed by atoms with van der Waals surface area (Å²) in [6, 6.07) is 6.05. The number of H-pyrrole nitrogens is 1. The lowest BCUT2D eigenvalue weighted by atomic mass is 10.1. The third-order valence-corrected chi connectivity index (χ3v) is 4.59. The number of aromatic amines is 1. The van der Waals surface area contributed by atoms with Crippen molar-refractivity contribution in [2.75, 3.05) is 6.61 Å². The Balaban J connectivity index is 1.75. The zero-order valence-electron chi connectivity index (χ0n) is 15.8. The van der Waals surface area contributed by atoms with Gasteiger partial charge in [0.25, 0.3) is 0 Å². The van der Waals surface area contributed by atoms with Gasteiger partial charge < -0.3 is 19.6 Å². The molecule has 0 aliphatic rings. The van der Waals surface area contributed by atoms with Crippen molar-refractivity contribution in [2.45, 2.75) is 33.8 Å². The molecule has 0 bridgehead atoms. The molecule has 0 unspecified atom stereocenters. The number of fused-ring (bicyclic) bond motifs is 2. The summed E-state index contributed by atoms with van der Waals surface area (Å²) in [7, 11) is 0. The molecule has 1 atom stereocenters. The van der Waals surface area contributed by atoms with Gasteiger partial charge in [-0.15, -0.1) is 0 Å². The molecule has 4 aromatic rings. The van der Waals surface area contributed by atoms with Crippen molar-refractivity contribution in [3.8, 4) is 17.4 Å². The lowest BCUT2D eigenvalue weighted by Gasteiger charge is -2.10. The molecule has 0 radical (unpaired) electrons. The second-order valence-corrected chi connectivity index (χ2v) is 6.84. The van der Waals surface area contributed by atoms with Gasteiger partial charge in [-0.05, 0) is 45.9 Å². The molecule has 3 aromatic heterocycles. The van der Waals surface area contributed by atoms with E-state index in [1.54, 1.807) is 17.6 Å². The Kier molecular flexibility index (Phi) is 4.24. The standard InChI is InChI=1S/C20H22N4O3/c1-11-7-15-13(3)17(6-5-16(15)23-11)27-20-19-14(4)18(26-9-12(2)25)8-24(19)22-10-21-20/h5-8,10,12,23,25H,9H2,1-4H3/t12-/m1/s1. The third-order valence-electron chi connectivity index (χ3n) is 4.59. The van der Waals surface area contributed by atoms with Gasteiger partial charge in [0.2, 0.25) is 5.88 Å². The van der Waals surface area contributed by atoms with Crippen LogP contribution in [0.4, 0.5) is 0 Å². The fraction of sp³-hybridized carbons (Fsp3) is 0.300. The van der Waals surface area contributed by atoms with Crippen molar-refractivity contribution in [1.29, 1.82) is 0 Å². The molecule has 4 rings (SSSR count). The number of ether oxygens (including phenoxy) is 2.